The summed E-state index contributed by atoms with van der Waals surface area (Å²) in [6.07, 6.45) is 0.438. The van der Waals surface area contributed by atoms with Crippen LogP contribution in [-0.4, -0.2) is 34.7 Å². The summed E-state index contributed by atoms with van der Waals surface area (Å²) in [6, 6.07) is 4.47. The Kier molecular flexibility index (Phi) is 4.67. The van der Waals surface area contributed by atoms with Crippen molar-refractivity contribution < 1.29 is 17.9 Å². The maximum absolute atomic E-state index is 12.0. The molecule has 0 radical (unpaired) electrons. The van der Waals surface area contributed by atoms with Crippen molar-refractivity contribution in [2.45, 2.75) is 11.3 Å². The molecule has 9 heteroatoms. The molecule has 0 saturated heterocycles. The van der Waals surface area contributed by atoms with Crippen LogP contribution in [0.5, 0.6) is 11.5 Å². The van der Waals surface area contributed by atoms with Gasteiger partial charge in [0.05, 0.1) is 4.90 Å². The lowest BCUT2D eigenvalue weighted by Gasteiger charge is -2.18. The second-order valence-electron chi connectivity index (χ2n) is 4.01. The standard InChI is InChI=1S/C11H14N4O4S/c12-15-13-4-1-5-14-20(16,17)9-2-3-10-11(8-9)19-7-6-18-10/h2-3,8,14H,1,4-7H2. The number of nitrogens with one attached hydrogen (secondary N) is 1. The molecule has 8 nitrogen and oxygen atoms in total. The number of hydrogen-bond acceptors (Lipinski definition) is 5. The molecular formula is C11H14N4O4S. The molecule has 108 valence electrons. The zero-order chi connectivity index (χ0) is 14.4. The molecule has 1 aliphatic rings. The maximum Gasteiger partial charge on any atom is 0.240 e. The Labute approximate surface area is 116 Å². The summed E-state index contributed by atoms with van der Waals surface area (Å²) in [5.41, 5.74) is 8.11. The molecule has 0 saturated carbocycles. The van der Waals surface area contributed by atoms with E-state index in [-0.39, 0.29) is 18.0 Å². The molecule has 0 fully saturated rings. The monoisotopic (exact) mass is 298 g/mol. The average molecular weight is 298 g/mol. The van der Waals surface area contributed by atoms with E-state index in [1.54, 1.807) is 6.07 Å². The highest BCUT2D eigenvalue weighted by molar-refractivity contribution is 7.89. The van der Waals surface area contributed by atoms with E-state index >= 15 is 0 Å². The van der Waals surface area contributed by atoms with Gasteiger partial charge in [0.2, 0.25) is 10.0 Å². The number of benzene rings is 1. The van der Waals surface area contributed by atoms with Crippen molar-refractivity contribution in [3.8, 4) is 11.5 Å². The molecule has 0 atom stereocenters. The smallest absolute Gasteiger partial charge is 0.240 e. The van der Waals surface area contributed by atoms with Crippen molar-refractivity contribution in [1.29, 1.82) is 0 Å². The summed E-state index contributed by atoms with van der Waals surface area (Å²) in [4.78, 5) is 2.71. The van der Waals surface area contributed by atoms with E-state index in [2.05, 4.69) is 14.7 Å². The average Bonchev–Trinajstić information content (AvgIpc) is 2.46. The highest BCUT2D eigenvalue weighted by Crippen LogP contribution is 2.32. The second-order valence-corrected chi connectivity index (χ2v) is 5.78. The van der Waals surface area contributed by atoms with E-state index in [1.807, 2.05) is 0 Å². The molecule has 0 aliphatic carbocycles. The zero-order valence-corrected chi connectivity index (χ0v) is 11.5. The minimum absolute atomic E-state index is 0.116. The first-order valence-corrected chi connectivity index (χ1v) is 7.52. The van der Waals surface area contributed by atoms with Gasteiger partial charge in [-0.05, 0) is 24.1 Å². The first-order valence-electron chi connectivity index (χ1n) is 6.03. The second kappa shape index (κ2) is 6.47. The van der Waals surface area contributed by atoms with Crippen molar-refractivity contribution in [3.63, 3.8) is 0 Å². The number of rotatable bonds is 6. The van der Waals surface area contributed by atoms with E-state index in [1.165, 1.54) is 12.1 Å². The van der Waals surface area contributed by atoms with Crippen LogP contribution in [0.1, 0.15) is 6.42 Å². The Morgan fingerprint density at radius 3 is 2.80 bits per heavy atom. The van der Waals surface area contributed by atoms with Crippen LogP contribution in [0.15, 0.2) is 28.2 Å². The SMILES string of the molecule is [N-]=[N+]=NCCCNS(=O)(=O)c1ccc2c(c1)OCCO2. The third kappa shape index (κ3) is 3.53. The Bertz CT molecular complexity index is 625. The van der Waals surface area contributed by atoms with Gasteiger partial charge in [0.15, 0.2) is 11.5 Å². The number of hydrogen-bond donors (Lipinski definition) is 1. The number of nitrogens with zero attached hydrogens (tertiary/aromatic N) is 3. The lowest BCUT2D eigenvalue weighted by molar-refractivity contribution is 0.171. The van der Waals surface area contributed by atoms with Gasteiger partial charge < -0.3 is 9.47 Å². The normalized spacial score (nSPS) is 13.6. The molecule has 0 aromatic heterocycles. The van der Waals surface area contributed by atoms with Crippen molar-refractivity contribution in [3.05, 3.63) is 28.6 Å². The Morgan fingerprint density at radius 2 is 2.05 bits per heavy atom. The minimum Gasteiger partial charge on any atom is -0.486 e. The molecule has 1 aromatic carbocycles. The van der Waals surface area contributed by atoms with Gasteiger partial charge in [-0.25, -0.2) is 13.1 Å². The third-order valence-corrected chi connectivity index (χ3v) is 4.07. The predicted octanol–water partition coefficient (Wildman–Crippen LogP) is 1.44. The van der Waals surface area contributed by atoms with Gasteiger partial charge >= 0.3 is 0 Å². The number of sulfonamides is 1. The molecule has 0 bridgehead atoms. The summed E-state index contributed by atoms with van der Waals surface area (Å²) >= 11 is 0. The number of fused-ring (bicyclic) bond motifs is 1. The van der Waals surface area contributed by atoms with Gasteiger partial charge in [-0.3, -0.25) is 0 Å². The Morgan fingerprint density at radius 1 is 1.30 bits per heavy atom. The van der Waals surface area contributed by atoms with Crippen LogP contribution >= 0.6 is 0 Å². The van der Waals surface area contributed by atoms with E-state index in [9.17, 15) is 8.42 Å². The van der Waals surface area contributed by atoms with Crippen molar-refractivity contribution in [2.75, 3.05) is 26.3 Å². The van der Waals surface area contributed by atoms with Crippen LogP contribution in [0.4, 0.5) is 0 Å². The van der Waals surface area contributed by atoms with Gasteiger partial charge in [0, 0.05) is 24.1 Å². The number of azide groups is 1. The molecule has 1 N–H and O–H groups in total. The Balaban J connectivity index is 2.03. The molecule has 0 amide bonds. The van der Waals surface area contributed by atoms with Gasteiger partial charge in [-0.2, -0.15) is 0 Å². The molecule has 2 rings (SSSR count). The zero-order valence-electron chi connectivity index (χ0n) is 10.7. The van der Waals surface area contributed by atoms with Crippen LogP contribution < -0.4 is 14.2 Å². The van der Waals surface area contributed by atoms with Crippen LogP contribution in [0, 0.1) is 0 Å². The fraction of sp³-hybridized carbons (Fsp3) is 0.455. The number of ether oxygens (including phenoxy) is 2. The summed E-state index contributed by atoms with van der Waals surface area (Å²) in [5, 5.41) is 3.33. The van der Waals surface area contributed by atoms with E-state index in [4.69, 9.17) is 15.0 Å². The predicted molar refractivity (Wildman–Crippen MR) is 71.3 cm³/mol. The van der Waals surface area contributed by atoms with Gasteiger partial charge in [0.25, 0.3) is 0 Å². The minimum atomic E-state index is -3.60. The largest absolute Gasteiger partial charge is 0.486 e. The van der Waals surface area contributed by atoms with Crippen molar-refractivity contribution in [1.82, 2.24) is 4.72 Å². The quantitative estimate of drug-likeness (QED) is 0.370. The highest BCUT2D eigenvalue weighted by Gasteiger charge is 2.18. The first-order chi connectivity index (χ1) is 9.63. The molecule has 1 aliphatic heterocycles. The van der Waals surface area contributed by atoms with Gasteiger partial charge in [0.1, 0.15) is 13.2 Å². The Hall–Kier alpha value is -1.96. The lowest BCUT2D eigenvalue weighted by Crippen LogP contribution is -2.25. The molecule has 20 heavy (non-hydrogen) atoms. The van der Waals surface area contributed by atoms with E-state index in [0.29, 0.717) is 31.1 Å². The summed E-state index contributed by atoms with van der Waals surface area (Å²) in [5.74, 6) is 0.965. The van der Waals surface area contributed by atoms with Crippen molar-refractivity contribution >= 4 is 10.0 Å². The fourth-order valence-electron chi connectivity index (χ4n) is 1.68. The molecule has 0 spiro atoms. The topological polar surface area (TPSA) is 113 Å². The van der Waals surface area contributed by atoms with Crippen LogP contribution in [0.2, 0.25) is 0 Å². The molecule has 1 aromatic rings. The fourth-order valence-corrected chi connectivity index (χ4v) is 2.76. The highest BCUT2D eigenvalue weighted by atomic mass is 32.2. The summed E-state index contributed by atoms with van der Waals surface area (Å²) < 4.78 is 37.2. The van der Waals surface area contributed by atoms with E-state index in [0.717, 1.165) is 0 Å². The van der Waals surface area contributed by atoms with Crippen LogP contribution in [-0.2, 0) is 10.0 Å². The van der Waals surface area contributed by atoms with Crippen molar-refractivity contribution in [2.24, 2.45) is 5.11 Å². The van der Waals surface area contributed by atoms with Crippen LogP contribution in [0.3, 0.4) is 0 Å². The molecular weight excluding hydrogens is 284 g/mol. The third-order valence-electron chi connectivity index (χ3n) is 2.61. The summed E-state index contributed by atoms with van der Waals surface area (Å²) in [7, 11) is -3.60. The van der Waals surface area contributed by atoms with Gasteiger partial charge in [-0.1, -0.05) is 5.11 Å². The first kappa shape index (κ1) is 14.4. The lowest BCUT2D eigenvalue weighted by atomic mass is 10.3. The van der Waals surface area contributed by atoms with Crippen LogP contribution in [0.25, 0.3) is 10.4 Å². The van der Waals surface area contributed by atoms with Gasteiger partial charge in [-0.15, -0.1) is 0 Å². The molecule has 0 unspecified atom stereocenters. The maximum atomic E-state index is 12.0. The summed E-state index contributed by atoms with van der Waals surface area (Å²) in [6.45, 7) is 1.31. The molecule has 1 heterocycles. The van der Waals surface area contributed by atoms with E-state index < -0.39 is 10.0 Å².